The van der Waals surface area contributed by atoms with Crippen molar-refractivity contribution in [1.82, 2.24) is 0 Å². The normalized spacial score (nSPS) is 34.9. The number of ketones is 2. The number of hydrogen-bond donors (Lipinski definition) is 1. The molecule has 6 atom stereocenters. The lowest BCUT2D eigenvalue weighted by Crippen LogP contribution is -2.47. The van der Waals surface area contributed by atoms with Crippen LogP contribution in [0.15, 0.2) is 54.1 Å². The quantitative estimate of drug-likeness (QED) is 0.493. The van der Waals surface area contributed by atoms with E-state index in [1.807, 2.05) is 6.92 Å². The molecule has 0 aliphatic heterocycles. The second-order valence-corrected chi connectivity index (χ2v) is 10.7. The van der Waals surface area contributed by atoms with Crippen molar-refractivity contribution in [2.24, 2.45) is 23.2 Å². The predicted molar refractivity (Wildman–Crippen MR) is 134 cm³/mol. The summed E-state index contributed by atoms with van der Waals surface area (Å²) in [7, 11) is 0. The van der Waals surface area contributed by atoms with Crippen molar-refractivity contribution in [2.45, 2.75) is 72.2 Å². The van der Waals surface area contributed by atoms with E-state index in [9.17, 15) is 24.3 Å². The van der Waals surface area contributed by atoms with Gasteiger partial charge in [0.15, 0.2) is 5.78 Å². The molecule has 3 rings (SSSR count). The van der Waals surface area contributed by atoms with Gasteiger partial charge in [-0.05, 0) is 50.8 Å². The number of allylic oxidation sites excluding steroid dienone is 2. The zero-order valence-corrected chi connectivity index (χ0v) is 21.8. The molecule has 0 saturated heterocycles. The van der Waals surface area contributed by atoms with Crippen LogP contribution in [-0.2, 0) is 23.9 Å². The molecule has 0 radical (unpaired) electrons. The fourth-order valence-electron chi connectivity index (χ4n) is 5.10. The minimum absolute atomic E-state index is 0.0588. The first kappa shape index (κ1) is 27.5. The van der Waals surface area contributed by atoms with Crippen LogP contribution in [0.5, 0.6) is 0 Å². The van der Waals surface area contributed by atoms with Gasteiger partial charge >= 0.3 is 11.9 Å². The average molecular weight is 497 g/mol. The minimum atomic E-state index is -1.81. The molecule has 36 heavy (non-hydrogen) atoms. The maximum atomic E-state index is 13.6. The van der Waals surface area contributed by atoms with Crippen LogP contribution in [0, 0.1) is 23.2 Å². The Morgan fingerprint density at radius 3 is 2.31 bits per heavy atom. The Balaban J connectivity index is 2.10. The molecule has 0 aromatic heterocycles. The number of aliphatic hydroxyl groups is 1. The monoisotopic (exact) mass is 496 g/mol. The number of hydrogen-bond acceptors (Lipinski definition) is 7. The third-order valence-corrected chi connectivity index (χ3v) is 7.34. The molecule has 0 spiro atoms. The Morgan fingerprint density at radius 2 is 1.69 bits per heavy atom. The summed E-state index contributed by atoms with van der Waals surface area (Å²) >= 11 is 0. The van der Waals surface area contributed by atoms with Gasteiger partial charge in [-0.2, -0.15) is 0 Å². The van der Waals surface area contributed by atoms with Gasteiger partial charge in [0, 0.05) is 24.7 Å². The molecule has 0 bridgehead atoms. The molecule has 1 N–H and O–H groups in total. The Hall–Kier alpha value is -3.06. The smallest absolute Gasteiger partial charge is 0.338 e. The first-order chi connectivity index (χ1) is 16.8. The van der Waals surface area contributed by atoms with Crippen molar-refractivity contribution in [3.63, 3.8) is 0 Å². The van der Waals surface area contributed by atoms with E-state index in [0.717, 1.165) is 0 Å². The summed E-state index contributed by atoms with van der Waals surface area (Å²) < 4.78 is 11.4. The molecule has 7 heteroatoms. The average Bonchev–Trinajstić information content (AvgIpc) is 3.05. The van der Waals surface area contributed by atoms with Crippen molar-refractivity contribution < 1.29 is 33.8 Å². The van der Waals surface area contributed by atoms with E-state index in [1.165, 1.54) is 6.92 Å². The summed E-state index contributed by atoms with van der Waals surface area (Å²) in [6, 6.07) is 8.52. The van der Waals surface area contributed by atoms with E-state index in [-0.39, 0.29) is 24.5 Å². The number of Topliss-reactive ketones (excluding diaryl/α,β-unsaturated/α-hetero) is 2. The largest absolute Gasteiger partial charge is 0.458 e. The van der Waals surface area contributed by atoms with Crippen LogP contribution in [0.2, 0.25) is 0 Å². The van der Waals surface area contributed by atoms with Gasteiger partial charge in [0.1, 0.15) is 23.6 Å². The molecule has 0 amide bonds. The Morgan fingerprint density at radius 1 is 1.06 bits per heavy atom. The minimum Gasteiger partial charge on any atom is -0.458 e. The lowest BCUT2D eigenvalue weighted by molar-refractivity contribution is -0.147. The van der Waals surface area contributed by atoms with E-state index in [4.69, 9.17) is 9.47 Å². The van der Waals surface area contributed by atoms with Gasteiger partial charge in [-0.15, -0.1) is 0 Å². The fourth-order valence-corrected chi connectivity index (χ4v) is 5.10. The highest BCUT2D eigenvalue weighted by molar-refractivity contribution is 5.93. The van der Waals surface area contributed by atoms with E-state index >= 15 is 0 Å². The van der Waals surface area contributed by atoms with Crippen LogP contribution in [0.4, 0.5) is 0 Å². The van der Waals surface area contributed by atoms with Gasteiger partial charge in [0.25, 0.3) is 0 Å². The maximum Gasteiger partial charge on any atom is 0.338 e. The molecular weight excluding hydrogens is 460 g/mol. The summed E-state index contributed by atoms with van der Waals surface area (Å²) in [6.07, 6.45) is 3.33. The van der Waals surface area contributed by atoms with Gasteiger partial charge in [0.2, 0.25) is 0 Å². The Bertz CT molecular complexity index is 1080. The SMILES string of the molecule is CC(=O)O[C@@H]1CC(=O)C(C)(C)/C=C/[C@H](C)C(=O)[C@]2(O)C[C@H](C)[C@@H](OC(=O)c3ccccc3)[C@@H]2/C=C\1C. The van der Waals surface area contributed by atoms with Crippen molar-refractivity contribution in [2.75, 3.05) is 0 Å². The Labute approximate surface area is 212 Å². The predicted octanol–water partition coefficient (Wildman–Crippen LogP) is 4.24. The van der Waals surface area contributed by atoms with Crippen LogP contribution in [-0.4, -0.2) is 46.4 Å². The molecule has 2 aliphatic carbocycles. The summed E-state index contributed by atoms with van der Waals surface area (Å²) in [4.78, 5) is 51.5. The van der Waals surface area contributed by atoms with Gasteiger partial charge < -0.3 is 14.6 Å². The molecule has 194 valence electrons. The second-order valence-electron chi connectivity index (χ2n) is 10.7. The molecule has 1 aromatic rings. The maximum absolute atomic E-state index is 13.6. The number of rotatable bonds is 3. The highest BCUT2D eigenvalue weighted by Crippen LogP contribution is 2.46. The molecule has 1 fully saturated rings. The van der Waals surface area contributed by atoms with E-state index < -0.39 is 52.8 Å². The Kier molecular flexibility index (Phi) is 8.04. The molecular formula is C29H36O7. The standard InChI is InChI=1S/C29H36O7/c1-17-12-13-28(5,6)24(31)15-23(35-20(4)30)18(2)14-22-25(19(3)16-29(22,34)26(17)32)36-27(33)21-10-8-7-9-11-21/h7-14,17,19,22-23,25,34H,15-16H2,1-6H3/b13-12+,18-14-/t17-,19-,22-,23+,25+,29-/m0/s1. The third-order valence-electron chi connectivity index (χ3n) is 7.34. The van der Waals surface area contributed by atoms with Gasteiger partial charge in [-0.1, -0.05) is 50.3 Å². The number of fused-ring (bicyclic) bond motifs is 1. The van der Waals surface area contributed by atoms with Crippen molar-refractivity contribution in [3.8, 4) is 0 Å². The van der Waals surface area contributed by atoms with Crippen LogP contribution < -0.4 is 0 Å². The molecule has 0 heterocycles. The lowest BCUT2D eigenvalue weighted by atomic mass is 9.77. The summed E-state index contributed by atoms with van der Waals surface area (Å²) in [5, 5.41) is 11.8. The van der Waals surface area contributed by atoms with Crippen LogP contribution in [0.1, 0.15) is 64.7 Å². The van der Waals surface area contributed by atoms with Crippen molar-refractivity contribution in [3.05, 3.63) is 59.7 Å². The zero-order valence-electron chi connectivity index (χ0n) is 21.8. The molecule has 2 aliphatic rings. The summed E-state index contributed by atoms with van der Waals surface area (Å²) in [5.41, 5.74) is -1.83. The number of benzene rings is 1. The second kappa shape index (κ2) is 10.5. The zero-order chi connectivity index (χ0) is 26.8. The van der Waals surface area contributed by atoms with Gasteiger partial charge in [-0.25, -0.2) is 4.79 Å². The highest BCUT2D eigenvalue weighted by Gasteiger charge is 2.57. The van der Waals surface area contributed by atoms with E-state index in [2.05, 4.69) is 0 Å². The van der Waals surface area contributed by atoms with Crippen LogP contribution in [0.25, 0.3) is 0 Å². The van der Waals surface area contributed by atoms with E-state index in [0.29, 0.717) is 11.1 Å². The molecule has 1 saturated carbocycles. The topological polar surface area (TPSA) is 107 Å². The number of ether oxygens (including phenoxy) is 2. The van der Waals surface area contributed by atoms with Crippen molar-refractivity contribution in [1.29, 1.82) is 0 Å². The third kappa shape index (κ3) is 5.67. The first-order valence-electron chi connectivity index (χ1n) is 12.4. The van der Waals surface area contributed by atoms with Crippen molar-refractivity contribution >= 4 is 23.5 Å². The summed E-state index contributed by atoms with van der Waals surface area (Å²) in [5.74, 6) is -3.55. The van der Waals surface area contributed by atoms with E-state index in [1.54, 1.807) is 76.3 Å². The molecule has 7 nitrogen and oxygen atoms in total. The molecule has 0 unspecified atom stereocenters. The van der Waals surface area contributed by atoms with Gasteiger partial charge in [0.05, 0.1) is 11.5 Å². The number of carbonyl (C=O) groups excluding carboxylic acids is 4. The summed E-state index contributed by atoms with van der Waals surface area (Å²) in [6.45, 7) is 9.97. The van der Waals surface area contributed by atoms with Crippen LogP contribution in [0.3, 0.4) is 0 Å². The fraction of sp³-hybridized carbons (Fsp3) is 0.517. The lowest BCUT2D eigenvalue weighted by Gasteiger charge is -2.33. The highest BCUT2D eigenvalue weighted by atomic mass is 16.5. The first-order valence-corrected chi connectivity index (χ1v) is 12.4. The number of carbonyl (C=O) groups is 4. The van der Waals surface area contributed by atoms with Crippen LogP contribution >= 0.6 is 0 Å². The number of esters is 2. The molecule has 1 aromatic carbocycles. The van der Waals surface area contributed by atoms with Gasteiger partial charge in [-0.3, -0.25) is 14.4 Å².